The van der Waals surface area contributed by atoms with Crippen molar-refractivity contribution in [2.45, 2.75) is 20.5 Å². The molecule has 0 radical (unpaired) electrons. The van der Waals surface area contributed by atoms with Crippen molar-refractivity contribution < 1.29 is 23.8 Å². The quantitative estimate of drug-likeness (QED) is 0.548. The summed E-state index contributed by atoms with van der Waals surface area (Å²) in [5.74, 6) is -1.92. The molecule has 0 fully saturated rings. The molecular weight excluding hydrogens is 312 g/mol. The first-order chi connectivity index (χ1) is 11.4. The van der Waals surface area contributed by atoms with Gasteiger partial charge in [0, 0.05) is 17.9 Å². The number of rotatable bonds is 9. The second kappa shape index (κ2) is 9.43. The van der Waals surface area contributed by atoms with Crippen LogP contribution in [0, 0.1) is 22.7 Å². The molecule has 1 atom stereocenters. The molecule has 0 heterocycles. The lowest BCUT2D eigenvalue weighted by Gasteiger charge is -2.11. The molecule has 0 unspecified atom stereocenters. The van der Waals surface area contributed by atoms with Gasteiger partial charge >= 0.3 is 5.97 Å². The van der Waals surface area contributed by atoms with E-state index in [1.54, 1.807) is 18.2 Å². The third-order valence-electron chi connectivity index (χ3n) is 3.21. The predicted molar refractivity (Wildman–Crippen MR) is 86.1 cm³/mol. The first kappa shape index (κ1) is 19.3. The number of carbonyl (C=O) groups is 2. The van der Waals surface area contributed by atoms with E-state index in [1.165, 1.54) is 20.1 Å². The van der Waals surface area contributed by atoms with E-state index in [4.69, 9.17) is 24.9 Å². The SMILES string of the molecule is CCOCc1cc(C(=O)OCC(=O)[C@H](C#N)C(C)=N)ccc1OC. The molecule has 0 bridgehead atoms. The summed E-state index contributed by atoms with van der Waals surface area (Å²) in [7, 11) is 1.52. The van der Waals surface area contributed by atoms with Crippen molar-refractivity contribution in [3.8, 4) is 11.8 Å². The Balaban J connectivity index is 2.79. The number of benzene rings is 1. The Morgan fingerprint density at radius 3 is 2.62 bits per heavy atom. The fourth-order valence-corrected chi connectivity index (χ4v) is 1.94. The van der Waals surface area contributed by atoms with Crippen LogP contribution in [0.3, 0.4) is 0 Å². The molecule has 1 aromatic carbocycles. The van der Waals surface area contributed by atoms with Crippen LogP contribution in [0.1, 0.15) is 29.8 Å². The summed E-state index contributed by atoms with van der Waals surface area (Å²) in [6, 6.07) is 6.42. The molecule has 0 saturated carbocycles. The van der Waals surface area contributed by atoms with Crippen molar-refractivity contribution in [2.75, 3.05) is 20.3 Å². The minimum Gasteiger partial charge on any atom is -0.496 e. The average molecular weight is 332 g/mol. The van der Waals surface area contributed by atoms with Gasteiger partial charge in [-0.2, -0.15) is 5.26 Å². The molecule has 1 aromatic rings. The average Bonchev–Trinajstić information content (AvgIpc) is 2.57. The van der Waals surface area contributed by atoms with Crippen molar-refractivity contribution in [1.29, 1.82) is 10.7 Å². The van der Waals surface area contributed by atoms with E-state index in [9.17, 15) is 9.59 Å². The van der Waals surface area contributed by atoms with Crippen molar-refractivity contribution in [2.24, 2.45) is 5.92 Å². The van der Waals surface area contributed by atoms with Gasteiger partial charge in [-0.1, -0.05) is 0 Å². The van der Waals surface area contributed by atoms with Gasteiger partial charge in [0.1, 0.15) is 11.7 Å². The van der Waals surface area contributed by atoms with Crippen LogP contribution in [-0.2, 0) is 20.9 Å². The minimum absolute atomic E-state index is 0.0815. The standard InChI is InChI=1S/C17H20N2O5/c1-4-23-9-13-7-12(5-6-16(13)22-3)17(21)24-10-15(20)14(8-18)11(2)19/h5-7,14,19H,4,9-10H2,1-3H3/t14-/m1/s1. The van der Waals surface area contributed by atoms with Gasteiger partial charge in [-0.25, -0.2) is 4.79 Å². The van der Waals surface area contributed by atoms with Crippen molar-refractivity contribution in [3.63, 3.8) is 0 Å². The van der Waals surface area contributed by atoms with E-state index in [-0.39, 0.29) is 17.9 Å². The molecule has 24 heavy (non-hydrogen) atoms. The fraction of sp³-hybridized carbons (Fsp3) is 0.412. The highest BCUT2D eigenvalue weighted by Gasteiger charge is 2.22. The number of methoxy groups -OCH3 is 1. The van der Waals surface area contributed by atoms with Gasteiger partial charge in [0.2, 0.25) is 0 Å². The molecule has 0 aliphatic carbocycles. The molecule has 0 amide bonds. The molecule has 0 saturated heterocycles. The zero-order valence-corrected chi connectivity index (χ0v) is 13.9. The number of hydrogen-bond donors (Lipinski definition) is 1. The number of nitriles is 1. The van der Waals surface area contributed by atoms with E-state index in [2.05, 4.69) is 0 Å². The molecule has 0 aromatic heterocycles. The number of esters is 1. The van der Waals surface area contributed by atoms with Crippen LogP contribution < -0.4 is 4.74 Å². The largest absolute Gasteiger partial charge is 0.496 e. The van der Waals surface area contributed by atoms with Gasteiger partial charge in [-0.15, -0.1) is 0 Å². The van der Waals surface area contributed by atoms with E-state index in [0.717, 1.165) is 0 Å². The number of nitrogens with zero attached hydrogens (tertiary/aromatic N) is 1. The summed E-state index contributed by atoms with van der Waals surface area (Å²) in [4.78, 5) is 23.8. The lowest BCUT2D eigenvalue weighted by Crippen LogP contribution is -2.25. The van der Waals surface area contributed by atoms with E-state index < -0.39 is 24.3 Å². The summed E-state index contributed by atoms with van der Waals surface area (Å²) in [6.45, 7) is 3.46. The number of hydrogen-bond acceptors (Lipinski definition) is 7. The zero-order chi connectivity index (χ0) is 18.1. The Hall–Kier alpha value is -2.72. The molecule has 0 spiro atoms. The molecule has 1 N–H and O–H groups in total. The Bertz CT molecular complexity index is 663. The Labute approximate surface area is 140 Å². The lowest BCUT2D eigenvalue weighted by atomic mass is 10.0. The second-order valence-electron chi connectivity index (χ2n) is 4.95. The van der Waals surface area contributed by atoms with Gasteiger partial charge in [0.25, 0.3) is 0 Å². The van der Waals surface area contributed by atoms with Crippen LogP contribution in [0.15, 0.2) is 18.2 Å². The summed E-state index contributed by atoms with van der Waals surface area (Å²) in [5, 5.41) is 16.2. The molecule has 7 heteroatoms. The van der Waals surface area contributed by atoms with Gasteiger partial charge in [-0.3, -0.25) is 4.79 Å². The molecule has 128 valence electrons. The third-order valence-corrected chi connectivity index (χ3v) is 3.21. The van der Waals surface area contributed by atoms with Crippen molar-refractivity contribution in [1.82, 2.24) is 0 Å². The van der Waals surface area contributed by atoms with E-state index in [1.807, 2.05) is 6.92 Å². The summed E-state index contributed by atoms with van der Waals surface area (Å²) < 4.78 is 15.5. The van der Waals surface area contributed by atoms with E-state index >= 15 is 0 Å². The van der Waals surface area contributed by atoms with Crippen molar-refractivity contribution in [3.05, 3.63) is 29.3 Å². The fourth-order valence-electron chi connectivity index (χ4n) is 1.94. The molecular formula is C17H20N2O5. The maximum absolute atomic E-state index is 12.1. The molecule has 0 aliphatic heterocycles. The highest BCUT2D eigenvalue weighted by molar-refractivity contribution is 6.06. The van der Waals surface area contributed by atoms with Crippen LogP contribution in [0.5, 0.6) is 5.75 Å². The van der Waals surface area contributed by atoms with Crippen LogP contribution in [0.25, 0.3) is 0 Å². The van der Waals surface area contributed by atoms with E-state index in [0.29, 0.717) is 17.9 Å². The topological polar surface area (TPSA) is 109 Å². The number of nitrogens with one attached hydrogen (secondary N) is 1. The summed E-state index contributed by atoms with van der Waals surface area (Å²) >= 11 is 0. The highest BCUT2D eigenvalue weighted by atomic mass is 16.5. The monoisotopic (exact) mass is 332 g/mol. The minimum atomic E-state index is -1.19. The van der Waals surface area contributed by atoms with Crippen LogP contribution in [0.2, 0.25) is 0 Å². The van der Waals surface area contributed by atoms with Crippen LogP contribution in [-0.4, -0.2) is 37.8 Å². The number of carbonyl (C=O) groups excluding carboxylic acids is 2. The maximum atomic E-state index is 12.1. The second-order valence-corrected chi connectivity index (χ2v) is 4.95. The van der Waals surface area contributed by atoms with Crippen LogP contribution >= 0.6 is 0 Å². The zero-order valence-electron chi connectivity index (χ0n) is 13.9. The van der Waals surface area contributed by atoms with Gasteiger partial charge in [-0.05, 0) is 32.0 Å². The lowest BCUT2D eigenvalue weighted by molar-refractivity contribution is -0.122. The molecule has 0 aliphatic rings. The highest BCUT2D eigenvalue weighted by Crippen LogP contribution is 2.21. The molecule has 7 nitrogen and oxygen atoms in total. The smallest absolute Gasteiger partial charge is 0.338 e. The number of ether oxygens (including phenoxy) is 3. The first-order valence-corrected chi connectivity index (χ1v) is 7.33. The van der Waals surface area contributed by atoms with Gasteiger partial charge < -0.3 is 19.6 Å². The first-order valence-electron chi connectivity index (χ1n) is 7.33. The predicted octanol–water partition coefficient (Wildman–Crippen LogP) is 2.14. The van der Waals surface area contributed by atoms with Gasteiger partial charge in [0.15, 0.2) is 12.4 Å². The third kappa shape index (κ3) is 5.18. The van der Waals surface area contributed by atoms with Crippen molar-refractivity contribution >= 4 is 17.5 Å². The Morgan fingerprint density at radius 2 is 2.08 bits per heavy atom. The van der Waals surface area contributed by atoms with Crippen LogP contribution in [0.4, 0.5) is 0 Å². The Morgan fingerprint density at radius 1 is 1.38 bits per heavy atom. The molecule has 1 rings (SSSR count). The normalized spacial score (nSPS) is 11.2. The van der Waals surface area contributed by atoms with Gasteiger partial charge in [0.05, 0.1) is 25.3 Å². The summed E-state index contributed by atoms with van der Waals surface area (Å²) in [6.07, 6.45) is 0. The summed E-state index contributed by atoms with van der Waals surface area (Å²) in [5.41, 5.74) is 0.853. The Kier molecular flexibility index (Phi) is 7.59. The number of ketones is 1. The maximum Gasteiger partial charge on any atom is 0.338 e. The number of Topliss-reactive ketones (excluding diaryl/α,β-unsaturated/α-hetero) is 1.